The number of carboxylic acid groups (broad SMARTS) is 1. The summed E-state index contributed by atoms with van der Waals surface area (Å²) in [5.41, 5.74) is 15.2. The van der Waals surface area contributed by atoms with E-state index in [0.29, 0.717) is 88.7 Å². The number of hydrogen-bond acceptors (Lipinski definition) is 22. The zero-order valence-electron chi connectivity index (χ0n) is 80.1. The van der Waals surface area contributed by atoms with E-state index >= 15 is 28.8 Å². The molecule has 18 N–H and O–H groups in total. The number of amides is 14. The summed E-state index contributed by atoms with van der Waals surface area (Å²) in [5, 5.41) is 67.0. The maximum Gasteiger partial charge on any atom is 0.492 e. The van der Waals surface area contributed by atoms with Crippen LogP contribution in [-0.4, -0.2) is 295 Å². The number of nitrogens with two attached hydrogens (primary N) is 2. The fraction of sp³-hybridized carbons (Fsp3) is 0.552. The van der Waals surface area contributed by atoms with E-state index in [4.69, 9.17) is 16.2 Å². The Labute approximate surface area is 799 Å². The number of aryl methyl sites for hydroxylation is 1. The first-order valence-electron chi connectivity index (χ1n) is 47.0. The van der Waals surface area contributed by atoms with E-state index in [1.54, 1.807) is 92.6 Å². The highest BCUT2D eigenvalue weighted by Gasteiger charge is 2.45. The molecule has 0 bridgehead atoms. The second kappa shape index (κ2) is 53.4. The Hall–Kier alpha value is -12.1. The van der Waals surface area contributed by atoms with Crippen LogP contribution in [0.2, 0.25) is 0 Å². The molecule has 4 heterocycles. The third kappa shape index (κ3) is 31.5. The number of benzene rings is 4. The van der Waals surface area contributed by atoms with Crippen LogP contribution in [-0.2, 0) is 104 Å². The van der Waals surface area contributed by atoms with E-state index in [-0.39, 0.29) is 138 Å². The minimum Gasteiger partial charge on any atom is -0.508 e. The average Bonchev–Trinajstić information content (AvgIpc) is 1.61. The predicted molar refractivity (Wildman–Crippen MR) is 516 cm³/mol. The number of fused-ring (bicyclic) bond motifs is 2. The molecule has 2 aromatic heterocycles. The lowest BCUT2D eigenvalue weighted by Crippen LogP contribution is -2.61. The number of primary amides is 1. The monoisotopic (exact) mass is 1910 g/mol. The zero-order chi connectivity index (χ0) is 99.7. The number of para-hydroxylation sites is 2. The van der Waals surface area contributed by atoms with Gasteiger partial charge in [-0.25, -0.2) is 0 Å². The Kier molecular flexibility index (Phi) is 42.9. The number of carbonyl (C=O) groups is 15. The molecule has 0 radical (unpaired) electrons. The van der Waals surface area contributed by atoms with E-state index < -0.39 is 176 Å². The van der Waals surface area contributed by atoms with Gasteiger partial charge in [0.2, 0.25) is 82.7 Å². The molecule has 2 saturated heterocycles. The molecule has 12 atom stereocenters. The minimum absolute atomic E-state index is 0.0000877. The number of carboxylic acids is 1. The lowest BCUT2D eigenvalue weighted by Gasteiger charge is -2.36. The van der Waals surface area contributed by atoms with Crippen molar-refractivity contribution in [2.45, 2.75) is 257 Å². The predicted octanol–water partition coefficient (Wildman–Crippen LogP) is 2.25. The first-order chi connectivity index (χ1) is 64.8. The van der Waals surface area contributed by atoms with Crippen molar-refractivity contribution in [3.05, 3.63) is 126 Å². The topological polar surface area (TPSA) is 543 Å². The van der Waals surface area contributed by atoms with E-state index in [9.17, 15) is 63.4 Å². The van der Waals surface area contributed by atoms with Crippen LogP contribution in [0.3, 0.4) is 0 Å². The maximum atomic E-state index is 15.7. The van der Waals surface area contributed by atoms with Gasteiger partial charge in [0.15, 0.2) is 0 Å². The van der Waals surface area contributed by atoms with Gasteiger partial charge in [-0.3, -0.25) is 71.9 Å². The third-order valence-electron chi connectivity index (χ3n) is 24.8. The van der Waals surface area contributed by atoms with Crippen LogP contribution in [0.5, 0.6) is 11.5 Å². The number of likely N-dealkylation sites (tertiary alicyclic amines) is 2. The summed E-state index contributed by atoms with van der Waals surface area (Å²) in [6, 6.07) is 10.4. The van der Waals surface area contributed by atoms with Crippen molar-refractivity contribution < 1.29 is 96.9 Å². The molecular formula is C96H139BN18O20S. The van der Waals surface area contributed by atoms with Crippen molar-refractivity contribution in [3.8, 4) is 11.5 Å². The van der Waals surface area contributed by atoms with Gasteiger partial charge in [0.1, 0.15) is 84.5 Å². The summed E-state index contributed by atoms with van der Waals surface area (Å²) < 4.78 is 6.81. The van der Waals surface area contributed by atoms with Crippen molar-refractivity contribution in [1.29, 1.82) is 0 Å². The Morgan fingerprint density at radius 3 is 1.81 bits per heavy atom. The van der Waals surface area contributed by atoms with Gasteiger partial charge in [-0.1, -0.05) is 135 Å². The molecule has 2 aliphatic heterocycles. The lowest BCUT2D eigenvalue weighted by molar-refractivity contribution is -0.149. The Bertz CT molecular complexity index is 5110. The number of aromatic nitrogens is 2. The van der Waals surface area contributed by atoms with Crippen molar-refractivity contribution >= 4 is 135 Å². The molecule has 0 saturated carbocycles. The molecule has 14 amide bonds. The van der Waals surface area contributed by atoms with Gasteiger partial charge in [-0.2, -0.15) is 11.8 Å². The highest BCUT2D eigenvalue weighted by Crippen LogP contribution is 2.29. The van der Waals surface area contributed by atoms with Gasteiger partial charge in [0.05, 0.1) is 20.1 Å². The fourth-order valence-electron chi connectivity index (χ4n) is 17.1. The molecular weight excluding hydrogens is 1770 g/mol. The molecule has 3 unspecified atom stereocenters. The second-order valence-corrected chi connectivity index (χ2v) is 37.2. The molecule has 0 aliphatic carbocycles. The van der Waals surface area contributed by atoms with Crippen molar-refractivity contribution in [2.75, 3.05) is 72.5 Å². The molecule has 6 aromatic rings. The van der Waals surface area contributed by atoms with E-state index in [0.717, 1.165) is 16.9 Å². The number of aliphatic carboxylic acids is 1. The number of unbranched alkanes of at least 4 members (excludes halogenated alkanes) is 2. The first kappa shape index (κ1) is 109. The largest absolute Gasteiger partial charge is 0.508 e. The van der Waals surface area contributed by atoms with Crippen molar-refractivity contribution in [2.24, 2.45) is 23.3 Å². The number of rotatable bonds is 55. The van der Waals surface area contributed by atoms with E-state index in [2.05, 4.69) is 52.8 Å². The minimum atomic E-state index is -1.94. The number of nitrogens with zero attached hydrogens (tertiary/aromatic N) is 6. The summed E-state index contributed by atoms with van der Waals surface area (Å²) in [6.07, 6.45) is 6.60. The number of phenols is 1. The van der Waals surface area contributed by atoms with Gasteiger partial charge >= 0.3 is 13.1 Å². The van der Waals surface area contributed by atoms with Crippen LogP contribution in [0.1, 0.15) is 174 Å². The SMILES string of the molecule is CCCC[C@@H](C(=O)N(C)[C@@H](CCCC)C(=O)N[C@@H](CC(C)C)C(=O)NCCSCC(N)CC)N(C)C(=O)[C@H](Cc1cn(CC(=O)O)c2ccccc12)NC(=O)CNC(=O)[C@H](Cc1c[nH]c2ccccc12)NC(=O)C1CCCN1C(=O)[C@H](CC(C)C)NC(=O)[C@H](CNCc1ccc(OC)c(B(O)O)c1)NC(=O)C1CCCN1C(=O)[C@H](CC(N)=O)NC(=O)[C@H](C)N(C)C(=O)CCc1ccc(O)cc1. The normalized spacial score (nSPS) is 15.9. The molecule has 136 heavy (non-hydrogen) atoms. The molecule has 2 fully saturated rings. The number of ether oxygens (including phenoxy) is 1. The number of carbonyl (C=O) groups excluding carboxylic acids is 14. The van der Waals surface area contributed by atoms with E-state index in [1.165, 1.54) is 83.6 Å². The Morgan fingerprint density at radius 2 is 1.19 bits per heavy atom. The summed E-state index contributed by atoms with van der Waals surface area (Å²) >= 11 is 1.61. The Morgan fingerprint density at radius 1 is 0.618 bits per heavy atom. The maximum absolute atomic E-state index is 15.7. The molecule has 0 spiro atoms. The number of hydrogen-bond donors (Lipinski definition) is 16. The lowest BCUT2D eigenvalue weighted by atomic mass is 9.78. The smallest absolute Gasteiger partial charge is 0.492 e. The van der Waals surface area contributed by atoms with Crippen molar-refractivity contribution in [3.63, 3.8) is 0 Å². The third-order valence-corrected chi connectivity index (χ3v) is 26.0. The molecule has 742 valence electrons. The molecule has 40 heteroatoms. The van der Waals surface area contributed by atoms with Gasteiger partial charge in [0, 0.05) is 130 Å². The zero-order valence-corrected chi connectivity index (χ0v) is 81.0. The molecule has 38 nitrogen and oxygen atoms in total. The van der Waals surface area contributed by atoms with Crippen LogP contribution >= 0.6 is 11.8 Å². The number of phenolic OH excluding ortho intramolecular Hbond substituents is 1. The number of methoxy groups -OCH3 is 1. The number of H-pyrrole nitrogens is 1. The van der Waals surface area contributed by atoms with Crippen LogP contribution < -0.4 is 69.5 Å². The molecule has 8 rings (SSSR count). The first-order valence-corrected chi connectivity index (χ1v) is 48.2. The van der Waals surface area contributed by atoms with Crippen LogP contribution in [0, 0.1) is 11.8 Å². The Balaban J connectivity index is 1.03. The standard InChI is InChI=1S/C96H139BN18O20S/c1-13-16-27-77(90(126)105-70(44-57(4)5)87(123)101-40-43-136-56-64(98)15-3)111(10)96(132)80(28-17-14-2)112(11)93(129)73(48-63-54-113(55-85(120)121)76-29-21-19-25-67(63)76)104-83(118)53-103-88(124)71(47-62-51-102-69-26-20-18-24-66(62)69)106-91(127)78-30-22-41-114(78)94(130)72(45-58(6)7)108-89(125)75(52-100-50-61-34-38-81(135-12)68(46-61)97(133)134)109-92(128)79-31-23-42-115(79)95(131)74(49-82(99)117)107-86(122)59(8)110(9)84(119)39-35-60-32-36-65(116)37-33-60/h18-21,24-26,29,32-34,36-38,46,51,54,57-59,64,70-75,77-80,100,102,116,133-134H,13-17,22-23,27-28,30-31,35,39-45,47-50,52-53,55-56,98H2,1-12H3,(H2,99,117)(H,101,123)(H,103,124)(H,104,118)(H,105,126)(H,106,127)(H,107,122)(H,108,125)(H,109,128)(H,120,121)/t59-,64?,70-,71-,72-,73-,74-,75-,77-,78?,79?,80-/m0/s1. The van der Waals surface area contributed by atoms with E-state index in [1.807, 2.05) is 46.8 Å². The average molecular weight is 1910 g/mol. The van der Waals surface area contributed by atoms with Gasteiger partial charge in [0.25, 0.3) is 0 Å². The highest BCUT2D eigenvalue weighted by atomic mass is 32.2. The van der Waals surface area contributed by atoms with Crippen LogP contribution in [0.15, 0.2) is 103 Å². The number of nitrogens with one attached hydrogen (secondary N) is 10. The summed E-state index contributed by atoms with van der Waals surface area (Å²) in [7, 11) is 3.71. The number of thioether (sulfide) groups is 1. The van der Waals surface area contributed by atoms with Crippen LogP contribution in [0.25, 0.3) is 21.8 Å². The summed E-state index contributed by atoms with van der Waals surface area (Å²) in [6.45, 7) is 13.3. The van der Waals surface area contributed by atoms with Crippen molar-refractivity contribution in [1.82, 2.24) is 81.9 Å². The quantitative estimate of drug-likeness (QED) is 0.0192. The number of aromatic hydroxyl groups is 1. The fourth-order valence-corrected chi connectivity index (χ4v) is 18.0. The van der Waals surface area contributed by atoms with Gasteiger partial charge in [-0.15, -0.1) is 0 Å². The summed E-state index contributed by atoms with van der Waals surface area (Å²) in [4.78, 5) is 227. The summed E-state index contributed by atoms with van der Waals surface area (Å²) in [5.74, 6) is -10.3. The number of aromatic amines is 1. The van der Waals surface area contributed by atoms with Gasteiger partial charge in [-0.05, 0) is 136 Å². The highest BCUT2D eigenvalue weighted by molar-refractivity contribution is 7.99. The van der Waals surface area contributed by atoms with Crippen LogP contribution in [0.4, 0.5) is 0 Å². The molecule has 2 aliphatic rings. The molecule has 4 aromatic carbocycles. The van der Waals surface area contributed by atoms with Gasteiger partial charge < -0.3 is 118 Å². The second-order valence-electron chi connectivity index (χ2n) is 36.1. The number of likely N-dealkylation sites (N-methyl/N-ethyl adjacent to an activating group) is 3.